The standard InChI is InChI=1S/C23H34N2OS/c1-21(2)18-8-10-23(21,20(24)15-18)16-27(26)25-13-11-22(12-14-25)9-7-17-5-3-4-6-19(17)22/h3-6,18,20H,7-16,24H2,1-2H3. The van der Waals surface area contributed by atoms with Crippen LogP contribution in [0.2, 0.25) is 0 Å². The summed E-state index contributed by atoms with van der Waals surface area (Å²) in [7, 11) is -0.897. The highest BCUT2D eigenvalue weighted by Gasteiger charge is 2.63. The Labute approximate surface area is 166 Å². The lowest BCUT2D eigenvalue weighted by Gasteiger charge is -2.44. The highest BCUT2D eigenvalue weighted by atomic mass is 32.2. The number of hydrogen-bond donors (Lipinski definition) is 1. The SMILES string of the molecule is CC1(C)C2CCC1(CS(=O)N1CCC3(CCc4ccccc43)CC1)C(N)C2. The average Bonchev–Trinajstić information content (AvgIpc) is 3.19. The van der Waals surface area contributed by atoms with Gasteiger partial charge in [-0.05, 0) is 72.8 Å². The van der Waals surface area contributed by atoms with E-state index in [2.05, 4.69) is 42.4 Å². The molecule has 2 bridgehead atoms. The first-order chi connectivity index (χ1) is 12.9. The molecule has 2 N–H and O–H groups in total. The Morgan fingerprint density at radius 1 is 1.15 bits per heavy atom. The lowest BCUT2D eigenvalue weighted by atomic mass is 9.69. The van der Waals surface area contributed by atoms with Gasteiger partial charge < -0.3 is 5.73 Å². The van der Waals surface area contributed by atoms with E-state index in [9.17, 15) is 4.21 Å². The Balaban J connectivity index is 1.29. The molecular weight excluding hydrogens is 352 g/mol. The molecule has 4 heteroatoms. The molecule has 3 fully saturated rings. The normalized spacial score (nSPS) is 37.6. The number of aryl methyl sites for hydroxylation is 1. The summed E-state index contributed by atoms with van der Waals surface area (Å²) in [5.41, 5.74) is 10.4. The predicted octanol–water partition coefficient (Wildman–Crippen LogP) is 3.78. The van der Waals surface area contributed by atoms with Crippen LogP contribution in [0.15, 0.2) is 24.3 Å². The molecule has 4 aliphatic rings. The Morgan fingerprint density at radius 2 is 1.89 bits per heavy atom. The number of piperidine rings is 1. The van der Waals surface area contributed by atoms with Crippen molar-refractivity contribution in [2.24, 2.45) is 22.5 Å². The molecule has 1 saturated heterocycles. The molecule has 3 nitrogen and oxygen atoms in total. The van der Waals surface area contributed by atoms with Crippen molar-refractivity contribution >= 4 is 11.0 Å². The Bertz CT molecular complexity index is 767. The molecule has 1 heterocycles. The molecule has 3 aliphatic carbocycles. The number of fused-ring (bicyclic) bond motifs is 4. The predicted molar refractivity (Wildman–Crippen MR) is 112 cm³/mol. The lowest BCUT2D eigenvalue weighted by molar-refractivity contribution is 0.138. The van der Waals surface area contributed by atoms with Gasteiger partial charge in [-0.25, -0.2) is 8.51 Å². The van der Waals surface area contributed by atoms with Crippen molar-refractivity contribution in [1.82, 2.24) is 4.31 Å². The van der Waals surface area contributed by atoms with Gasteiger partial charge in [-0.15, -0.1) is 0 Å². The van der Waals surface area contributed by atoms with Crippen LogP contribution in [0.5, 0.6) is 0 Å². The largest absolute Gasteiger partial charge is 0.327 e. The van der Waals surface area contributed by atoms with Crippen LogP contribution in [0, 0.1) is 16.7 Å². The molecule has 1 aromatic carbocycles. The van der Waals surface area contributed by atoms with Gasteiger partial charge in [0.15, 0.2) is 0 Å². The fraction of sp³-hybridized carbons (Fsp3) is 0.739. The second-order valence-electron chi connectivity index (χ2n) is 10.3. The van der Waals surface area contributed by atoms with Gasteiger partial charge in [-0.2, -0.15) is 0 Å². The zero-order chi connectivity index (χ0) is 18.9. The van der Waals surface area contributed by atoms with Crippen LogP contribution in [0.3, 0.4) is 0 Å². The third-order valence-electron chi connectivity index (χ3n) is 9.30. The summed E-state index contributed by atoms with van der Waals surface area (Å²) in [5.74, 6) is 1.51. The second-order valence-corrected chi connectivity index (χ2v) is 11.7. The summed E-state index contributed by atoms with van der Waals surface area (Å²) in [5, 5.41) is 0. The zero-order valence-corrected chi connectivity index (χ0v) is 17.7. The topological polar surface area (TPSA) is 46.3 Å². The smallest absolute Gasteiger partial charge is 0.0949 e. The van der Waals surface area contributed by atoms with E-state index in [1.807, 2.05) is 0 Å². The average molecular weight is 387 g/mol. The van der Waals surface area contributed by atoms with Crippen molar-refractivity contribution < 1.29 is 4.21 Å². The van der Waals surface area contributed by atoms with Crippen LogP contribution in [0.1, 0.15) is 63.5 Å². The molecule has 27 heavy (non-hydrogen) atoms. The van der Waals surface area contributed by atoms with Crippen molar-refractivity contribution in [3.63, 3.8) is 0 Å². The first-order valence-electron chi connectivity index (χ1n) is 10.9. The number of benzene rings is 1. The molecule has 148 valence electrons. The Hall–Kier alpha value is -0.710. The van der Waals surface area contributed by atoms with Crippen LogP contribution in [-0.4, -0.2) is 33.4 Å². The van der Waals surface area contributed by atoms with E-state index in [1.54, 1.807) is 11.1 Å². The third-order valence-corrected chi connectivity index (χ3v) is 11.0. The van der Waals surface area contributed by atoms with Gasteiger partial charge in [0.25, 0.3) is 0 Å². The maximum atomic E-state index is 13.4. The van der Waals surface area contributed by atoms with Crippen molar-refractivity contribution in [3.8, 4) is 0 Å². The first-order valence-corrected chi connectivity index (χ1v) is 12.1. The van der Waals surface area contributed by atoms with E-state index in [0.29, 0.717) is 5.41 Å². The molecule has 0 amide bonds. The highest BCUT2D eigenvalue weighted by molar-refractivity contribution is 7.82. The van der Waals surface area contributed by atoms with E-state index in [4.69, 9.17) is 5.73 Å². The maximum absolute atomic E-state index is 13.4. The van der Waals surface area contributed by atoms with E-state index in [1.165, 1.54) is 25.7 Å². The zero-order valence-electron chi connectivity index (χ0n) is 16.9. The van der Waals surface area contributed by atoms with Crippen molar-refractivity contribution in [1.29, 1.82) is 0 Å². The van der Waals surface area contributed by atoms with Crippen LogP contribution < -0.4 is 5.73 Å². The van der Waals surface area contributed by atoms with Gasteiger partial charge in [-0.3, -0.25) is 0 Å². The van der Waals surface area contributed by atoms with Gasteiger partial charge in [0.2, 0.25) is 0 Å². The van der Waals surface area contributed by atoms with Gasteiger partial charge in [0.1, 0.15) is 0 Å². The van der Waals surface area contributed by atoms with Gasteiger partial charge >= 0.3 is 0 Å². The van der Waals surface area contributed by atoms with E-state index < -0.39 is 11.0 Å². The molecule has 1 spiro atoms. The summed E-state index contributed by atoms with van der Waals surface area (Å²) < 4.78 is 15.7. The molecule has 0 radical (unpaired) electrons. The third kappa shape index (κ3) is 2.49. The van der Waals surface area contributed by atoms with E-state index >= 15 is 0 Å². The number of nitrogens with two attached hydrogens (primary N) is 1. The van der Waals surface area contributed by atoms with Gasteiger partial charge in [0, 0.05) is 30.3 Å². The highest BCUT2D eigenvalue weighted by Crippen LogP contribution is 2.65. The molecule has 1 aliphatic heterocycles. The summed E-state index contributed by atoms with van der Waals surface area (Å²) in [4.78, 5) is 0. The fourth-order valence-corrected chi connectivity index (χ4v) is 9.15. The minimum absolute atomic E-state index is 0.0810. The fourth-order valence-electron chi connectivity index (χ4n) is 7.21. The molecule has 0 aromatic heterocycles. The summed E-state index contributed by atoms with van der Waals surface area (Å²) in [6.45, 7) is 6.71. The molecule has 2 saturated carbocycles. The molecule has 4 unspecified atom stereocenters. The molecule has 4 atom stereocenters. The molecule has 1 aromatic rings. The van der Waals surface area contributed by atoms with Crippen molar-refractivity contribution in [3.05, 3.63) is 35.4 Å². The summed E-state index contributed by atoms with van der Waals surface area (Å²) >= 11 is 0. The lowest BCUT2D eigenvalue weighted by Crippen LogP contribution is -2.51. The van der Waals surface area contributed by atoms with E-state index in [0.717, 1.165) is 44.0 Å². The quantitative estimate of drug-likeness (QED) is 0.859. The van der Waals surface area contributed by atoms with E-state index in [-0.39, 0.29) is 16.9 Å². The first kappa shape index (κ1) is 18.3. The van der Waals surface area contributed by atoms with Crippen LogP contribution in [0.25, 0.3) is 0 Å². The number of nitrogens with zero attached hydrogens (tertiary/aromatic N) is 1. The van der Waals surface area contributed by atoms with Crippen LogP contribution in [-0.2, 0) is 22.8 Å². The second kappa shape index (κ2) is 6.14. The minimum atomic E-state index is -0.897. The monoisotopic (exact) mass is 386 g/mol. The maximum Gasteiger partial charge on any atom is 0.0949 e. The van der Waals surface area contributed by atoms with Crippen molar-refractivity contribution in [2.75, 3.05) is 18.8 Å². The molecular formula is C23H34N2OS. The molecule has 5 rings (SSSR count). The van der Waals surface area contributed by atoms with Crippen LogP contribution >= 0.6 is 0 Å². The summed E-state index contributed by atoms with van der Waals surface area (Å²) in [6.07, 6.45) is 8.37. The summed E-state index contributed by atoms with van der Waals surface area (Å²) in [6, 6.07) is 9.23. The van der Waals surface area contributed by atoms with Crippen molar-refractivity contribution in [2.45, 2.75) is 70.3 Å². The Kier molecular flexibility index (Phi) is 4.17. The van der Waals surface area contributed by atoms with Gasteiger partial charge in [-0.1, -0.05) is 38.1 Å². The number of rotatable bonds is 3. The minimum Gasteiger partial charge on any atom is -0.327 e. The number of hydrogen-bond acceptors (Lipinski definition) is 2. The van der Waals surface area contributed by atoms with Gasteiger partial charge in [0.05, 0.1) is 11.0 Å². The van der Waals surface area contributed by atoms with Crippen LogP contribution in [0.4, 0.5) is 0 Å². The Morgan fingerprint density at radius 3 is 2.56 bits per heavy atom.